The number of hydrogen-bond donors (Lipinski definition) is 1. The lowest BCUT2D eigenvalue weighted by Crippen LogP contribution is -1.87. The van der Waals surface area contributed by atoms with Gasteiger partial charge in [0.05, 0.1) is 11.2 Å². The van der Waals surface area contributed by atoms with Crippen molar-refractivity contribution in [3.8, 4) is 11.5 Å². The first kappa shape index (κ1) is 6.61. The van der Waals surface area contributed by atoms with Crippen LogP contribution in [0.1, 0.15) is 0 Å². The summed E-state index contributed by atoms with van der Waals surface area (Å²) in [5.74, 6) is 1.07. The Morgan fingerprint density at radius 3 is 3.18 bits per heavy atom. The van der Waals surface area contributed by atoms with Crippen LogP contribution in [-0.4, -0.2) is 5.11 Å². The van der Waals surface area contributed by atoms with Crippen LogP contribution in [0.15, 0.2) is 34.8 Å². The maximum absolute atomic E-state index is 9.10. The van der Waals surface area contributed by atoms with Crippen molar-refractivity contribution in [3.63, 3.8) is 0 Å². The molecule has 1 N–H and O–H groups in total. The molecular formula is C8H6O2S. The normalized spacial score (nSPS) is 13.8. The van der Waals surface area contributed by atoms with Crippen LogP contribution in [0.5, 0.6) is 11.5 Å². The molecule has 1 aromatic rings. The van der Waals surface area contributed by atoms with E-state index in [-0.39, 0.29) is 5.75 Å². The van der Waals surface area contributed by atoms with Crippen molar-refractivity contribution in [1.82, 2.24) is 0 Å². The van der Waals surface area contributed by atoms with Gasteiger partial charge in [-0.3, -0.25) is 0 Å². The van der Waals surface area contributed by atoms with Crippen LogP contribution in [0, 0.1) is 0 Å². The molecule has 2 rings (SSSR count). The van der Waals surface area contributed by atoms with Crippen molar-refractivity contribution in [1.29, 1.82) is 0 Å². The summed E-state index contributed by atoms with van der Waals surface area (Å²) in [6.07, 6.45) is 1.63. The zero-order valence-electron chi connectivity index (χ0n) is 5.65. The quantitative estimate of drug-likeness (QED) is 0.641. The smallest absolute Gasteiger partial charge is 0.140 e. The van der Waals surface area contributed by atoms with Crippen LogP contribution >= 0.6 is 11.8 Å². The van der Waals surface area contributed by atoms with E-state index in [0.717, 1.165) is 10.6 Å². The zero-order valence-corrected chi connectivity index (χ0v) is 6.47. The zero-order chi connectivity index (χ0) is 7.68. The second-order valence-corrected chi connectivity index (χ2v) is 3.09. The van der Waals surface area contributed by atoms with Crippen LogP contribution in [0.4, 0.5) is 0 Å². The molecule has 0 radical (unpaired) electrons. The van der Waals surface area contributed by atoms with Gasteiger partial charge in [0.2, 0.25) is 0 Å². The summed E-state index contributed by atoms with van der Waals surface area (Å²) in [5.41, 5.74) is 0. The van der Waals surface area contributed by atoms with Gasteiger partial charge in [-0.2, -0.15) is 0 Å². The Morgan fingerprint density at radius 2 is 2.27 bits per heavy atom. The number of phenolic OH excluding ortho intramolecular Hbond substituents is 1. The third kappa shape index (κ3) is 1.19. The summed E-state index contributed by atoms with van der Waals surface area (Å²) in [7, 11) is 0. The van der Waals surface area contributed by atoms with Gasteiger partial charge in [-0.15, -0.1) is 0 Å². The van der Waals surface area contributed by atoms with Gasteiger partial charge in [0.15, 0.2) is 0 Å². The van der Waals surface area contributed by atoms with Crippen LogP contribution in [-0.2, 0) is 0 Å². The molecule has 1 aliphatic heterocycles. The minimum Gasteiger partial charge on any atom is -0.508 e. The fourth-order valence-electron chi connectivity index (χ4n) is 0.888. The predicted molar refractivity (Wildman–Crippen MR) is 43.7 cm³/mol. The van der Waals surface area contributed by atoms with E-state index < -0.39 is 0 Å². The first-order valence-corrected chi connectivity index (χ1v) is 4.05. The molecule has 0 unspecified atom stereocenters. The molecular weight excluding hydrogens is 160 g/mol. The molecule has 0 saturated carbocycles. The molecule has 0 fully saturated rings. The Morgan fingerprint density at radius 1 is 1.36 bits per heavy atom. The van der Waals surface area contributed by atoms with Crippen molar-refractivity contribution in [2.45, 2.75) is 4.90 Å². The summed E-state index contributed by atoms with van der Waals surface area (Å²) in [6.45, 7) is 0. The van der Waals surface area contributed by atoms with Gasteiger partial charge in [0.1, 0.15) is 11.5 Å². The third-order valence-electron chi connectivity index (χ3n) is 1.37. The number of rotatable bonds is 0. The molecule has 0 aliphatic carbocycles. The van der Waals surface area contributed by atoms with Crippen LogP contribution < -0.4 is 4.74 Å². The van der Waals surface area contributed by atoms with Crippen molar-refractivity contribution >= 4 is 11.8 Å². The highest BCUT2D eigenvalue weighted by Gasteiger charge is 2.06. The Labute approximate surface area is 68.5 Å². The fourth-order valence-corrected chi connectivity index (χ4v) is 1.57. The van der Waals surface area contributed by atoms with Gasteiger partial charge in [0, 0.05) is 5.41 Å². The molecule has 0 aromatic heterocycles. The molecule has 0 spiro atoms. The van der Waals surface area contributed by atoms with E-state index in [4.69, 9.17) is 9.84 Å². The molecule has 1 heterocycles. The Kier molecular flexibility index (Phi) is 1.51. The SMILES string of the molecule is Oc1ccc2c(c1)SC=CO2. The van der Waals surface area contributed by atoms with Gasteiger partial charge in [0.25, 0.3) is 0 Å². The number of ether oxygens (including phenoxy) is 1. The highest BCUT2D eigenvalue weighted by atomic mass is 32.2. The van der Waals surface area contributed by atoms with E-state index in [9.17, 15) is 0 Å². The van der Waals surface area contributed by atoms with E-state index in [0.29, 0.717) is 0 Å². The summed E-state index contributed by atoms with van der Waals surface area (Å²) >= 11 is 1.54. The highest BCUT2D eigenvalue weighted by Crippen LogP contribution is 2.35. The van der Waals surface area contributed by atoms with Crippen molar-refractivity contribution in [2.75, 3.05) is 0 Å². The lowest BCUT2D eigenvalue weighted by atomic mass is 10.3. The largest absolute Gasteiger partial charge is 0.508 e. The molecule has 0 amide bonds. The number of hydrogen-bond acceptors (Lipinski definition) is 3. The summed E-state index contributed by atoms with van der Waals surface area (Å²) < 4.78 is 5.17. The van der Waals surface area contributed by atoms with Crippen molar-refractivity contribution in [2.24, 2.45) is 0 Å². The second-order valence-electron chi connectivity index (χ2n) is 2.14. The molecule has 0 atom stereocenters. The summed E-state index contributed by atoms with van der Waals surface area (Å²) in [5, 5.41) is 10.9. The number of fused-ring (bicyclic) bond motifs is 1. The molecule has 0 bridgehead atoms. The van der Waals surface area contributed by atoms with Gasteiger partial charge in [-0.25, -0.2) is 0 Å². The van der Waals surface area contributed by atoms with E-state index in [2.05, 4.69) is 0 Å². The monoisotopic (exact) mass is 166 g/mol. The van der Waals surface area contributed by atoms with Gasteiger partial charge in [-0.05, 0) is 18.2 Å². The first-order valence-electron chi connectivity index (χ1n) is 3.17. The molecule has 1 aromatic carbocycles. The minimum absolute atomic E-state index is 0.273. The van der Waals surface area contributed by atoms with Gasteiger partial charge < -0.3 is 9.84 Å². The Balaban J connectivity index is 2.48. The standard InChI is InChI=1S/C8H6O2S/c9-6-1-2-7-8(5-6)11-4-3-10-7/h1-5,9H. The maximum Gasteiger partial charge on any atom is 0.140 e. The topological polar surface area (TPSA) is 29.5 Å². The van der Waals surface area contributed by atoms with E-state index in [1.807, 2.05) is 5.41 Å². The fraction of sp³-hybridized carbons (Fsp3) is 0. The lowest BCUT2D eigenvalue weighted by molar-refractivity contribution is 0.452. The molecule has 11 heavy (non-hydrogen) atoms. The van der Waals surface area contributed by atoms with E-state index in [1.165, 1.54) is 11.8 Å². The van der Waals surface area contributed by atoms with Gasteiger partial charge in [-0.1, -0.05) is 11.8 Å². The first-order chi connectivity index (χ1) is 5.36. The Hall–Kier alpha value is -1.09. The van der Waals surface area contributed by atoms with Crippen LogP contribution in [0.3, 0.4) is 0 Å². The summed E-state index contributed by atoms with van der Waals surface area (Å²) in [4.78, 5) is 0.951. The van der Waals surface area contributed by atoms with Crippen molar-refractivity contribution < 1.29 is 9.84 Å². The molecule has 1 aliphatic rings. The predicted octanol–water partition coefficient (Wildman–Crippen LogP) is 2.35. The third-order valence-corrected chi connectivity index (χ3v) is 2.19. The van der Waals surface area contributed by atoms with E-state index in [1.54, 1.807) is 24.5 Å². The number of aromatic hydroxyl groups is 1. The molecule has 3 heteroatoms. The number of thioether (sulfide) groups is 1. The second kappa shape index (κ2) is 2.51. The molecule has 0 saturated heterocycles. The van der Waals surface area contributed by atoms with Crippen LogP contribution in [0.25, 0.3) is 0 Å². The summed E-state index contributed by atoms with van der Waals surface area (Å²) in [6, 6.07) is 5.04. The minimum atomic E-state index is 0.273. The van der Waals surface area contributed by atoms with Crippen LogP contribution in [0.2, 0.25) is 0 Å². The average molecular weight is 166 g/mol. The number of benzene rings is 1. The molecule has 2 nitrogen and oxygen atoms in total. The average Bonchev–Trinajstić information content (AvgIpc) is 2.04. The highest BCUT2D eigenvalue weighted by molar-refractivity contribution is 8.02. The molecule has 56 valence electrons. The van der Waals surface area contributed by atoms with Gasteiger partial charge >= 0.3 is 0 Å². The maximum atomic E-state index is 9.10. The number of phenols is 1. The lowest BCUT2D eigenvalue weighted by Gasteiger charge is -2.09. The van der Waals surface area contributed by atoms with Crippen molar-refractivity contribution in [3.05, 3.63) is 29.9 Å². The Bertz CT molecular complexity index is 307. The van der Waals surface area contributed by atoms with E-state index >= 15 is 0 Å².